The highest BCUT2D eigenvalue weighted by Gasteiger charge is 2.06. The Morgan fingerprint density at radius 1 is 1.17 bits per heavy atom. The van der Waals surface area contributed by atoms with Crippen molar-refractivity contribution in [2.24, 2.45) is 0 Å². The Labute approximate surface area is 152 Å². The highest BCUT2D eigenvalue weighted by Crippen LogP contribution is 2.12. The van der Waals surface area contributed by atoms with Crippen LogP contribution in [0.15, 0.2) is 54.6 Å². The van der Waals surface area contributed by atoms with E-state index in [9.17, 15) is 4.79 Å². The van der Waals surface area contributed by atoms with E-state index in [1.165, 1.54) is 12.7 Å². The number of methoxy groups -OCH3 is 1. The molecule has 0 radical (unpaired) electrons. The summed E-state index contributed by atoms with van der Waals surface area (Å²) in [6, 6.07) is 17.4. The van der Waals surface area contributed by atoms with Gasteiger partial charge in [0.25, 0.3) is 0 Å². The second-order valence-corrected chi connectivity index (χ2v) is 6.50. The third kappa shape index (κ3) is 6.22. The number of hydrogen-bond donors (Lipinski definition) is 2. The van der Waals surface area contributed by atoms with Gasteiger partial charge in [0.2, 0.25) is 0 Å². The van der Waals surface area contributed by atoms with E-state index in [0.29, 0.717) is 10.7 Å². The van der Waals surface area contributed by atoms with Crippen LogP contribution < -0.4 is 10.6 Å². The van der Waals surface area contributed by atoms with Crippen LogP contribution in [0.2, 0.25) is 0 Å². The van der Waals surface area contributed by atoms with Crippen LogP contribution in [0.25, 0.3) is 0 Å². The Morgan fingerprint density at radius 2 is 1.96 bits per heavy atom. The second-order valence-electron chi connectivity index (χ2n) is 4.99. The molecule has 2 aromatic carbocycles. The van der Waals surface area contributed by atoms with Crippen LogP contribution in [0.4, 0.5) is 5.69 Å². The maximum Gasteiger partial charge on any atom is 0.337 e. The lowest BCUT2D eigenvalue weighted by molar-refractivity contribution is 0.0601. The number of carbonyl (C=O) groups is 1. The zero-order valence-corrected chi connectivity index (χ0v) is 15.1. The summed E-state index contributed by atoms with van der Waals surface area (Å²) in [7, 11) is 1.36. The van der Waals surface area contributed by atoms with E-state index in [-0.39, 0.29) is 5.97 Å². The Hall–Kier alpha value is -2.05. The molecule has 0 amide bonds. The Bertz CT molecular complexity index is 678. The third-order valence-corrected chi connectivity index (χ3v) is 4.46. The minimum Gasteiger partial charge on any atom is -0.465 e. The first-order chi connectivity index (χ1) is 11.7. The monoisotopic (exact) mass is 360 g/mol. The van der Waals surface area contributed by atoms with Crippen LogP contribution >= 0.6 is 24.0 Å². The lowest BCUT2D eigenvalue weighted by Gasteiger charge is -2.11. The summed E-state index contributed by atoms with van der Waals surface area (Å²) in [5, 5.41) is 6.78. The number of hydrogen-bond acceptors (Lipinski definition) is 4. The van der Waals surface area contributed by atoms with E-state index in [0.717, 1.165) is 23.7 Å². The highest BCUT2D eigenvalue weighted by molar-refractivity contribution is 7.98. The van der Waals surface area contributed by atoms with Crippen molar-refractivity contribution in [3.8, 4) is 0 Å². The van der Waals surface area contributed by atoms with Gasteiger partial charge in [-0.1, -0.05) is 36.4 Å². The van der Waals surface area contributed by atoms with Gasteiger partial charge in [0.05, 0.1) is 12.7 Å². The molecule has 0 aliphatic heterocycles. The topological polar surface area (TPSA) is 50.4 Å². The first kappa shape index (κ1) is 18.3. The molecule has 0 bridgehead atoms. The van der Waals surface area contributed by atoms with Gasteiger partial charge in [-0.3, -0.25) is 0 Å². The Balaban J connectivity index is 1.69. The summed E-state index contributed by atoms with van der Waals surface area (Å²) in [4.78, 5) is 11.5. The lowest BCUT2D eigenvalue weighted by Crippen LogP contribution is -2.30. The number of rotatable bonds is 7. The molecular formula is C18H20N2O2S2. The van der Waals surface area contributed by atoms with Gasteiger partial charge >= 0.3 is 5.97 Å². The fraction of sp³-hybridized carbons (Fsp3) is 0.222. The number of anilines is 1. The molecule has 24 heavy (non-hydrogen) atoms. The van der Waals surface area contributed by atoms with Crippen LogP contribution in [-0.2, 0) is 10.5 Å². The van der Waals surface area contributed by atoms with Crippen molar-refractivity contribution in [1.82, 2.24) is 5.32 Å². The summed E-state index contributed by atoms with van der Waals surface area (Å²) in [5.74, 6) is 1.58. The van der Waals surface area contributed by atoms with E-state index in [2.05, 4.69) is 34.9 Å². The maximum atomic E-state index is 11.5. The van der Waals surface area contributed by atoms with Gasteiger partial charge in [-0.05, 0) is 36.0 Å². The number of thiocarbonyl (C=S) groups is 1. The maximum absolute atomic E-state index is 11.5. The van der Waals surface area contributed by atoms with Crippen LogP contribution in [0, 0.1) is 0 Å². The molecule has 126 valence electrons. The lowest BCUT2D eigenvalue weighted by atomic mass is 10.2. The van der Waals surface area contributed by atoms with Gasteiger partial charge in [-0.2, -0.15) is 11.8 Å². The molecule has 0 unspecified atom stereocenters. The first-order valence-corrected chi connectivity index (χ1v) is 9.10. The molecule has 0 spiro atoms. The van der Waals surface area contributed by atoms with E-state index in [1.54, 1.807) is 18.2 Å². The van der Waals surface area contributed by atoms with Crippen molar-refractivity contribution in [3.63, 3.8) is 0 Å². The molecule has 0 aliphatic carbocycles. The van der Waals surface area contributed by atoms with Gasteiger partial charge in [-0.15, -0.1) is 0 Å². The summed E-state index contributed by atoms with van der Waals surface area (Å²) in [5.41, 5.74) is 2.57. The smallest absolute Gasteiger partial charge is 0.337 e. The molecule has 0 fully saturated rings. The van der Waals surface area contributed by atoms with Crippen LogP contribution in [0.3, 0.4) is 0 Å². The predicted molar refractivity (Wildman–Crippen MR) is 105 cm³/mol. The van der Waals surface area contributed by atoms with E-state index in [4.69, 9.17) is 17.0 Å². The molecule has 0 saturated carbocycles. The SMILES string of the molecule is COC(=O)c1cccc(NC(=S)NCCSCc2ccccc2)c1. The molecule has 0 aliphatic rings. The molecule has 2 rings (SSSR count). The minimum absolute atomic E-state index is 0.366. The van der Waals surface area contributed by atoms with Crippen LogP contribution in [0.5, 0.6) is 0 Å². The fourth-order valence-electron chi connectivity index (χ4n) is 2.02. The van der Waals surface area contributed by atoms with Gasteiger partial charge in [-0.25, -0.2) is 4.79 Å². The molecule has 0 heterocycles. The zero-order chi connectivity index (χ0) is 17.2. The van der Waals surface area contributed by atoms with Crippen molar-refractivity contribution in [2.75, 3.05) is 24.7 Å². The largest absolute Gasteiger partial charge is 0.465 e. The number of esters is 1. The van der Waals surface area contributed by atoms with Crippen LogP contribution in [0.1, 0.15) is 15.9 Å². The summed E-state index contributed by atoms with van der Waals surface area (Å²) in [6.45, 7) is 0.778. The van der Waals surface area contributed by atoms with Crippen molar-refractivity contribution in [3.05, 3.63) is 65.7 Å². The van der Waals surface area contributed by atoms with Gasteiger partial charge in [0.1, 0.15) is 0 Å². The average molecular weight is 361 g/mol. The molecule has 6 heteroatoms. The quantitative estimate of drug-likeness (QED) is 0.446. The summed E-state index contributed by atoms with van der Waals surface area (Å²) >= 11 is 7.12. The molecule has 0 aromatic heterocycles. The summed E-state index contributed by atoms with van der Waals surface area (Å²) < 4.78 is 4.71. The molecule has 2 aromatic rings. The Kier molecular flexibility index (Phi) is 7.58. The molecule has 2 N–H and O–H groups in total. The molecular weight excluding hydrogens is 340 g/mol. The second kappa shape index (κ2) is 9.95. The van der Waals surface area contributed by atoms with E-state index in [1.807, 2.05) is 23.9 Å². The van der Waals surface area contributed by atoms with Crippen molar-refractivity contribution in [2.45, 2.75) is 5.75 Å². The zero-order valence-electron chi connectivity index (χ0n) is 13.5. The standard InChI is InChI=1S/C18H20N2O2S2/c1-22-17(21)15-8-5-9-16(12-15)20-18(23)19-10-11-24-13-14-6-3-2-4-7-14/h2-9,12H,10-11,13H2,1H3,(H2,19,20,23). The van der Waals surface area contributed by atoms with Gasteiger partial charge in [0, 0.05) is 23.7 Å². The number of ether oxygens (including phenoxy) is 1. The molecule has 0 atom stereocenters. The van der Waals surface area contributed by atoms with Gasteiger partial charge < -0.3 is 15.4 Å². The Morgan fingerprint density at radius 3 is 2.71 bits per heavy atom. The van der Waals surface area contributed by atoms with E-state index < -0.39 is 0 Å². The number of benzene rings is 2. The van der Waals surface area contributed by atoms with Crippen molar-refractivity contribution < 1.29 is 9.53 Å². The summed E-state index contributed by atoms with van der Waals surface area (Å²) in [6.07, 6.45) is 0. The van der Waals surface area contributed by atoms with Crippen molar-refractivity contribution in [1.29, 1.82) is 0 Å². The number of nitrogens with one attached hydrogen (secondary N) is 2. The normalized spacial score (nSPS) is 10.0. The van der Waals surface area contributed by atoms with Crippen molar-refractivity contribution >= 4 is 40.7 Å². The number of carbonyl (C=O) groups excluding carboxylic acids is 1. The first-order valence-electron chi connectivity index (χ1n) is 7.54. The highest BCUT2D eigenvalue weighted by atomic mass is 32.2. The minimum atomic E-state index is -0.366. The third-order valence-electron chi connectivity index (χ3n) is 3.19. The predicted octanol–water partition coefficient (Wildman–Crippen LogP) is 3.69. The average Bonchev–Trinajstić information content (AvgIpc) is 2.62. The molecule has 4 nitrogen and oxygen atoms in total. The fourth-order valence-corrected chi connectivity index (χ4v) is 3.06. The van der Waals surface area contributed by atoms with Gasteiger partial charge in [0.15, 0.2) is 5.11 Å². The van der Waals surface area contributed by atoms with E-state index >= 15 is 0 Å². The van der Waals surface area contributed by atoms with Crippen LogP contribution in [-0.4, -0.2) is 30.5 Å². The number of thioether (sulfide) groups is 1. The molecule has 0 saturated heterocycles.